The summed E-state index contributed by atoms with van der Waals surface area (Å²) in [4.78, 5) is 6.71. The van der Waals surface area contributed by atoms with E-state index in [2.05, 4.69) is 38.2 Å². The van der Waals surface area contributed by atoms with Crippen molar-refractivity contribution in [2.75, 3.05) is 52.9 Å². The Kier molecular flexibility index (Phi) is 7.40. The second kappa shape index (κ2) is 10.2. The Morgan fingerprint density at radius 3 is 2.79 bits per heavy atom. The first kappa shape index (κ1) is 21.0. The summed E-state index contributed by atoms with van der Waals surface area (Å²) < 4.78 is 2.36. The van der Waals surface area contributed by atoms with Crippen LogP contribution in [0.4, 0.5) is 0 Å². The lowest BCUT2D eigenvalue weighted by molar-refractivity contribution is 0.218. The summed E-state index contributed by atoms with van der Waals surface area (Å²) in [5, 5.41) is 10.7. The molecule has 0 saturated carbocycles. The molecule has 0 aromatic carbocycles. The van der Waals surface area contributed by atoms with E-state index < -0.39 is 0 Å². The van der Waals surface area contributed by atoms with Gasteiger partial charge in [0.2, 0.25) is 0 Å². The van der Waals surface area contributed by atoms with Crippen LogP contribution in [0.15, 0.2) is 11.4 Å². The normalized spacial score (nSPS) is 16.9. The van der Waals surface area contributed by atoms with Gasteiger partial charge in [0, 0.05) is 48.6 Å². The number of nitrogens with zero attached hydrogens (tertiary/aromatic N) is 4. The first-order valence-corrected chi connectivity index (χ1v) is 12.4. The third-order valence-electron chi connectivity index (χ3n) is 6.60. The number of piperidine rings is 1. The Labute approximate surface area is 180 Å². The predicted molar refractivity (Wildman–Crippen MR) is 123 cm³/mol. The minimum absolute atomic E-state index is 1.02. The van der Waals surface area contributed by atoms with Gasteiger partial charge in [-0.15, -0.1) is 11.3 Å². The molecule has 3 heterocycles. The van der Waals surface area contributed by atoms with Gasteiger partial charge in [-0.2, -0.15) is 5.10 Å². The molecule has 0 atom stereocenters. The van der Waals surface area contributed by atoms with Crippen LogP contribution in [-0.4, -0.2) is 72.4 Å². The van der Waals surface area contributed by atoms with E-state index in [0.29, 0.717) is 0 Å². The SMILES string of the molecule is CCN(CCNC)CCc1nn(CCN2CCCCC2)c2c1CCc1sccc1-2. The molecular weight excluding hydrogens is 378 g/mol. The zero-order chi connectivity index (χ0) is 20.1. The van der Waals surface area contributed by atoms with Crippen LogP contribution < -0.4 is 5.32 Å². The molecule has 1 fully saturated rings. The summed E-state index contributed by atoms with van der Waals surface area (Å²) in [5.41, 5.74) is 5.76. The van der Waals surface area contributed by atoms with Crippen molar-refractivity contribution in [3.05, 3.63) is 27.6 Å². The van der Waals surface area contributed by atoms with Crippen molar-refractivity contribution in [1.82, 2.24) is 24.9 Å². The summed E-state index contributed by atoms with van der Waals surface area (Å²) in [6.45, 7) is 11.3. The summed E-state index contributed by atoms with van der Waals surface area (Å²) in [7, 11) is 2.03. The third kappa shape index (κ3) is 4.93. The van der Waals surface area contributed by atoms with E-state index in [1.165, 1.54) is 61.3 Å². The standard InChI is InChI=1S/C23H37N5S/c1-3-26(15-11-24-2)14-9-21-19-7-8-22-20(10-18-29-22)23(19)28(25-21)17-16-27-12-5-4-6-13-27/h10,18,24H,3-9,11-17H2,1-2H3. The van der Waals surface area contributed by atoms with E-state index in [-0.39, 0.29) is 0 Å². The fourth-order valence-corrected chi connectivity index (χ4v) is 5.72. The molecule has 6 heteroatoms. The Morgan fingerprint density at radius 1 is 1.14 bits per heavy atom. The highest BCUT2D eigenvalue weighted by Crippen LogP contribution is 2.38. The average molecular weight is 416 g/mol. The molecule has 29 heavy (non-hydrogen) atoms. The van der Waals surface area contributed by atoms with Gasteiger partial charge in [0.25, 0.3) is 0 Å². The number of aromatic nitrogens is 2. The highest BCUT2D eigenvalue weighted by atomic mass is 32.1. The maximum atomic E-state index is 5.19. The maximum absolute atomic E-state index is 5.19. The van der Waals surface area contributed by atoms with Crippen LogP contribution in [0.25, 0.3) is 11.3 Å². The molecule has 1 N–H and O–H groups in total. The molecule has 4 rings (SSSR count). The van der Waals surface area contributed by atoms with Crippen LogP contribution in [0.2, 0.25) is 0 Å². The molecule has 160 valence electrons. The molecule has 2 aromatic rings. The van der Waals surface area contributed by atoms with Gasteiger partial charge in [0.1, 0.15) is 0 Å². The van der Waals surface area contributed by atoms with Gasteiger partial charge in [-0.05, 0) is 63.8 Å². The van der Waals surface area contributed by atoms with Gasteiger partial charge in [-0.25, -0.2) is 0 Å². The lowest BCUT2D eigenvalue weighted by Crippen LogP contribution is -2.33. The zero-order valence-electron chi connectivity index (χ0n) is 18.3. The molecule has 0 spiro atoms. The number of likely N-dealkylation sites (N-methyl/N-ethyl adjacent to an activating group) is 2. The number of hydrogen-bond acceptors (Lipinski definition) is 5. The lowest BCUT2D eigenvalue weighted by Gasteiger charge is -2.26. The van der Waals surface area contributed by atoms with Gasteiger partial charge >= 0.3 is 0 Å². The van der Waals surface area contributed by atoms with Crippen LogP contribution in [-0.2, 0) is 25.8 Å². The minimum Gasteiger partial charge on any atom is -0.318 e. The number of nitrogens with one attached hydrogen (secondary N) is 1. The fourth-order valence-electron chi connectivity index (χ4n) is 4.84. The van der Waals surface area contributed by atoms with Gasteiger partial charge in [0.15, 0.2) is 0 Å². The van der Waals surface area contributed by atoms with Gasteiger partial charge in [-0.3, -0.25) is 4.68 Å². The van der Waals surface area contributed by atoms with Gasteiger partial charge in [0.05, 0.1) is 17.9 Å². The van der Waals surface area contributed by atoms with Crippen molar-refractivity contribution < 1.29 is 0 Å². The average Bonchev–Trinajstić information content (AvgIpc) is 3.37. The monoisotopic (exact) mass is 415 g/mol. The van der Waals surface area contributed by atoms with Gasteiger partial charge in [-0.1, -0.05) is 13.3 Å². The smallest absolute Gasteiger partial charge is 0.0729 e. The molecular formula is C23H37N5S. The molecule has 2 aliphatic rings. The number of likely N-dealkylation sites (tertiary alicyclic amines) is 1. The molecule has 5 nitrogen and oxygen atoms in total. The Bertz CT molecular complexity index is 774. The minimum atomic E-state index is 1.02. The first-order chi connectivity index (χ1) is 14.3. The van der Waals surface area contributed by atoms with Crippen molar-refractivity contribution in [3.63, 3.8) is 0 Å². The van der Waals surface area contributed by atoms with E-state index in [9.17, 15) is 0 Å². The number of fused-ring (bicyclic) bond motifs is 3. The Hall–Kier alpha value is -1.21. The van der Waals surface area contributed by atoms with Crippen molar-refractivity contribution in [2.24, 2.45) is 0 Å². The van der Waals surface area contributed by atoms with Crippen LogP contribution in [0.3, 0.4) is 0 Å². The fraction of sp³-hybridized carbons (Fsp3) is 0.696. The number of thiophene rings is 1. The van der Waals surface area contributed by atoms with Crippen LogP contribution in [0.1, 0.15) is 42.3 Å². The van der Waals surface area contributed by atoms with Crippen LogP contribution in [0, 0.1) is 0 Å². The second-order valence-corrected chi connectivity index (χ2v) is 9.45. The Balaban J connectivity index is 1.51. The summed E-state index contributed by atoms with van der Waals surface area (Å²) in [5.74, 6) is 0. The number of rotatable bonds is 10. The first-order valence-electron chi connectivity index (χ1n) is 11.5. The van der Waals surface area contributed by atoms with E-state index in [1.54, 1.807) is 4.88 Å². The highest BCUT2D eigenvalue weighted by molar-refractivity contribution is 7.10. The van der Waals surface area contributed by atoms with Crippen LogP contribution in [0.5, 0.6) is 0 Å². The summed E-state index contributed by atoms with van der Waals surface area (Å²) in [6, 6.07) is 2.33. The van der Waals surface area contributed by atoms with E-state index >= 15 is 0 Å². The lowest BCUT2D eigenvalue weighted by atomic mass is 9.94. The van der Waals surface area contributed by atoms with Crippen molar-refractivity contribution in [1.29, 1.82) is 0 Å². The summed E-state index contributed by atoms with van der Waals surface area (Å²) in [6.07, 6.45) is 7.52. The van der Waals surface area contributed by atoms with Crippen molar-refractivity contribution >= 4 is 11.3 Å². The third-order valence-corrected chi connectivity index (χ3v) is 7.58. The molecule has 1 aliphatic heterocycles. The van der Waals surface area contributed by atoms with Crippen LogP contribution >= 0.6 is 11.3 Å². The predicted octanol–water partition coefficient (Wildman–Crippen LogP) is 3.28. The van der Waals surface area contributed by atoms with Crippen molar-refractivity contribution in [2.45, 2.75) is 52.0 Å². The second-order valence-electron chi connectivity index (χ2n) is 8.44. The van der Waals surface area contributed by atoms with E-state index in [0.717, 1.165) is 52.1 Å². The number of aryl methyl sites for hydroxylation is 1. The van der Waals surface area contributed by atoms with Crippen molar-refractivity contribution in [3.8, 4) is 11.3 Å². The Morgan fingerprint density at radius 2 is 2.00 bits per heavy atom. The molecule has 1 aliphatic carbocycles. The quantitative estimate of drug-likeness (QED) is 0.646. The maximum Gasteiger partial charge on any atom is 0.0729 e. The summed E-state index contributed by atoms with van der Waals surface area (Å²) >= 11 is 1.92. The number of hydrogen-bond donors (Lipinski definition) is 1. The highest BCUT2D eigenvalue weighted by Gasteiger charge is 2.26. The topological polar surface area (TPSA) is 36.3 Å². The molecule has 0 bridgehead atoms. The van der Waals surface area contributed by atoms with Gasteiger partial charge < -0.3 is 15.1 Å². The largest absolute Gasteiger partial charge is 0.318 e. The van der Waals surface area contributed by atoms with E-state index in [1.807, 2.05) is 18.4 Å². The molecule has 0 unspecified atom stereocenters. The molecule has 0 radical (unpaired) electrons. The molecule has 0 amide bonds. The molecule has 1 saturated heterocycles. The molecule has 2 aromatic heterocycles. The zero-order valence-corrected chi connectivity index (χ0v) is 19.1. The van der Waals surface area contributed by atoms with E-state index in [4.69, 9.17) is 5.10 Å².